The summed E-state index contributed by atoms with van der Waals surface area (Å²) in [6.45, 7) is 7.29. The van der Waals surface area contributed by atoms with Gasteiger partial charge in [0.05, 0.1) is 5.56 Å². The van der Waals surface area contributed by atoms with Gasteiger partial charge >= 0.3 is 12.1 Å². The Hall–Kier alpha value is -2.60. The van der Waals surface area contributed by atoms with E-state index in [-0.39, 0.29) is 11.6 Å². The Balaban J connectivity index is 1.44. The largest absolute Gasteiger partial charge is 0.459 e. The predicted molar refractivity (Wildman–Crippen MR) is 125 cm³/mol. The van der Waals surface area contributed by atoms with Gasteiger partial charge in [-0.25, -0.2) is 4.79 Å². The summed E-state index contributed by atoms with van der Waals surface area (Å²) in [6, 6.07) is 13.4. The quantitative estimate of drug-likeness (QED) is 0.378. The summed E-state index contributed by atoms with van der Waals surface area (Å²) >= 11 is 0. The number of esters is 1. The second-order valence-electron chi connectivity index (χ2n) is 9.71. The summed E-state index contributed by atoms with van der Waals surface area (Å²) in [5.74, 6) is 0.00122. The number of alkyl halides is 3. The van der Waals surface area contributed by atoms with E-state index < -0.39 is 17.7 Å². The maximum absolute atomic E-state index is 12.6. The first kappa shape index (κ1) is 25.0. The minimum absolute atomic E-state index is 0.0847. The van der Waals surface area contributed by atoms with Crippen LogP contribution in [0.2, 0.25) is 0 Å². The Morgan fingerprint density at radius 2 is 1.58 bits per heavy atom. The molecule has 178 valence electrons. The lowest BCUT2D eigenvalue weighted by Gasteiger charge is -2.28. The molecule has 0 saturated heterocycles. The zero-order chi connectivity index (χ0) is 24.1. The van der Waals surface area contributed by atoms with E-state index in [9.17, 15) is 18.0 Å². The molecular formula is C27H32F3NO2. The highest BCUT2D eigenvalue weighted by Gasteiger charge is 2.30. The molecule has 33 heavy (non-hydrogen) atoms. The smallest absolute Gasteiger partial charge is 0.416 e. The van der Waals surface area contributed by atoms with Crippen molar-refractivity contribution in [3.63, 3.8) is 0 Å². The highest BCUT2D eigenvalue weighted by molar-refractivity contribution is 5.87. The van der Waals surface area contributed by atoms with E-state index in [4.69, 9.17) is 4.74 Å². The molecule has 0 unspecified atom stereocenters. The average Bonchev–Trinajstić information content (AvgIpc) is 2.76. The van der Waals surface area contributed by atoms with E-state index in [1.165, 1.54) is 35.4 Å². The van der Waals surface area contributed by atoms with Gasteiger partial charge in [-0.3, -0.25) is 0 Å². The third-order valence-electron chi connectivity index (χ3n) is 5.88. The molecule has 0 atom stereocenters. The molecule has 1 N–H and O–H groups in total. The number of carbonyl (C=O) groups excluding carboxylic acids is 1. The third kappa shape index (κ3) is 8.04. The van der Waals surface area contributed by atoms with Gasteiger partial charge in [-0.05, 0) is 87.3 Å². The molecular weight excluding hydrogens is 427 g/mol. The number of hydrogen-bond acceptors (Lipinski definition) is 3. The van der Waals surface area contributed by atoms with Crippen LogP contribution < -0.4 is 5.32 Å². The van der Waals surface area contributed by atoms with Crippen molar-refractivity contribution in [3.05, 3.63) is 76.9 Å². The zero-order valence-corrected chi connectivity index (χ0v) is 19.4. The Morgan fingerprint density at radius 3 is 2.12 bits per heavy atom. The standard InChI is InChI=1S/C27H32F3NO2/c1-26(2,3)31-18-20-4-9-21(10-5-20)22-11-15-24(16-12-22)33-25(32)17-8-19-6-13-23(14-7-19)27(28,29)30/h4-10,13-14,17,22,24,31H,11-12,15-16,18H2,1-3H3/b17-8+. The van der Waals surface area contributed by atoms with Gasteiger partial charge in [-0.1, -0.05) is 36.4 Å². The van der Waals surface area contributed by atoms with Crippen molar-refractivity contribution in [1.29, 1.82) is 0 Å². The maximum atomic E-state index is 12.6. The van der Waals surface area contributed by atoms with Crippen LogP contribution in [0.3, 0.4) is 0 Å². The van der Waals surface area contributed by atoms with Crippen molar-refractivity contribution in [1.82, 2.24) is 5.32 Å². The normalized spacial score (nSPS) is 19.6. The van der Waals surface area contributed by atoms with Crippen LogP contribution in [0.25, 0.3) is 6.08 Å². The molecule has 0 heterocycles. The number of nitrogens with one attached hydrogen (secondary N) is 1. The van der Waals surface area contributed by atoms with Gasteiger partial charge in [0.15, 0.2) is 0 Å². The molecule has 1 aliphatic carbocycles. The van der Waals surface area contributed by atoms with E-state index in [0.29, 0.717) is 11.5 Å². The van der Waals surface area contributed by atoms with Gasteiger partial charge in [0, 0.05) is 18.2 Å². The number of ether oxygens (including phenoxy) is 1. The highest BCUT2D eigenvalue weighted by atomic mass is 19.4. The zero-order valence-electron chi connectivity index (χ0n) is 19.4. The molecule has 0 aromatic heterocycles. The van der Waals surface area contributed by atoms with E-state index in [2.05, 4.69) is 50.4 Å². The summed E-state index contributed by atoms with van der Waals surface area (Å²) in [5.41, 5.74) is 2.47. The second kappa shape index (κ2) is 10.6. The summed E-state index contributed by atoms with van der Waals surface area (Å²) in [4.78, 5) is 12.1. The Labute approximate surface area is 194 Å². The molecule has 1 aliphatic rings. The van der Waals surface area contributed by atoms with Crippen molar-refractivity contribution < 1.29 is 22.7 Å². The fourth-order valence-electron chi connectivity index (χ4n) is 3.94. The molecule has 3 rings (SSSR count). The van der Waals surface area contributed by atoms with Crippen LogP contribution >= 0.6 is 0 Å². The lowest BCUT2D eigenvalue weighted by molar-refractivity contribution is -0.144. The second-order valence-corrected chi connectivity index (χ2v) is 9.71. The van der Waals surface area contributed by atoms with Gasteiger partial charge in [0.2, 0.25) is 0 Å². The van der Waals surface area contributed by atoms with Crippen molar-refractivity contribution >= 4 is 12.0 Å². The molecule has 0 bridgehead atoms. The number of halogens is 3. The lowest BCUT2D eigenvalue weighted by Crippen LogP contribution is -2.35. The summed E-state index contributed by atoms with van der Waals surface area (Å²) in [7, 11) is 0. The van der Waals surface area contributed by atoms with Crippen LogP contribution in [0.15, 0.2) is 54.6 Å². The molecule has 1 fully saturated rings. The fourth-order valence-corrected chi connectivity index (χ4v) is 3.94. The van der Waals surface area contributed by atoms with Crippen LogP contribution in [0.4, 0.5) is 13.2 Å². The number of benzene rings is 2. The minimum atomic E-state index is -4.37. The molecule has 0 aliphatic heterocycles. The average molecular weight is 460 g/mol. The number of carbonyl (C=O) groups is 1. The van der Waals surface area contributed by atoms with Gasteiger partial charge in [-0.2, -0.15) is 13.2 Å². The van der Waals surface area contributed by atoms with Crippen molar-refractivity contribution in [2.45, 2.75) is 76.7 Å². The maximum Gasteiger partial charge on any atom is 0.416 e. The minimum Gasteiger partial charge on any atom is -0.459 e. The Kier molecular flexibility index (Phi) is 8.01. The molecule has 2 aromatic rings. The third-order valence-corrected chi connectivity index (χ3v) is 5.88. The van der Waals surface area contributed by atoms with Crippen molar-refractivity contribution in [2.75, 3.05) is 0 Å². The van der Waals surface area contributed by atoms with Gasteiger partial charge in [0.25, 0.3) is 0 Å². The van der Waals surface area contributed by atoms with E-state index >= 15 is 0 Å². The molecule has 3 nitrogen and oxygen atoms in total. The molecule has 1 saturated carbocycles. The van der Waals surface area contributed by atoms with Crippen molar-refractivity contribution in [3.8, 4) is 0 Å². The first-order valence-electron chi connectivity index (χ1n) is 11.4. The molecule has 6 heteroatoms. The highest BCUT2D eigenvalue weighted by Crippen LogP contribution is 2.34. The lowest BCUT2D eigenvalue weighted by atomic mass is 9.82. The first-order chi connectivity index (χ1) is 15.5. The predicted octanol–water partition coefficient (Wildman–Crippen LogP) is 6.88. The molecule has 0 spiro atoms. The SMILES string of the molecule is CC(C)(C)NCc1ccc(C2CCC(OC(=O)/C=C/c3ccc(C(F)(F)F)cc3)CC2)cc1. The summed E-state index contributed by atoms with van der Waals surface area (Å²) in [6.07, 6.45) is 1.78. The van der Waals surface area contributed by atoms with Crippen LogP contribution in [-0.2, 0) is 22.3 Å². The number of hydrogen-bond donors (Lipinski definition) is 1. The van der Waals surface area contributed by atoms with E-state index in [1.54, 1.807) is 0 Å². The summed E-state index contributed by atoms with van der Waals surface area (Å²) in [5, 5.41) is 3.49. The van der Waals surface area contributed by atoms with Crippen LogP contribution in [-0.4, -0.2) is 17.6 Å². The topological polar surface area (TPSA) is 38.3 Å². The molecule has 2 aromatic carbocycles. The van der Waals surface area contributed by atoms with Crippen LogP contribution in [0, 0.1) is 0 Å². The van der Waals surface area contributed by atoms with Crippen LogP contribution in [0.5, 0.6) is 0 Å². The number of rotatable bonds is 6. The summed E-state index contributed by atoms with van der Waals surface area (Å²) < 4.78 is 43.4. The molecule has 0 radical (unpaired) electrons. The Morgan fingerprint density at radius 1 is 0.970 bits per heavy atom. The van der Waals surface area contributed by atoms with E-state index in [0.717, 1.165) is 44.4 Å². The monoisotopic (exact) mass is 459 g/mol. The van der Waals surface area contributed by atoms with Gasteiger partial charge < -0.3 is 10.1 Å². The Bertz CT molecular complexity index is 933. The van der Waals surface area contributed by atoms with Gasteiger partial charge in [0.1, 0.15) is 6.10 Å². The molecule has 0 amide bonds. The van der Waals surface area contributed by atoms with Crippen molar-refractivity contribution in [2.24, 2.45) is 0 Å². The van der Waals surface area contributed by atoms with Gasteiger partial charge in [-0.15, -0.1) is 0 Å². The van der Waals surface area contributed by atoms with Crippen LogP contribution in [0.1, 0.15) is 74.6 Å². The first-order valence-corrected chi connectivity index (χ1v) is 11.4. The fraction of sp³-hybridized carbons (Fsp3) is 0.444. The van der Waals surface area contributed by atoms with E-state index in [1.807, 2.05) is 0 Å².